The van der Waals surface area contributed by atoms with E-state index in [0.29, 0.717) is 12.3 Å². The topological polar surface area (TPSA) is 46.2 Å². The lowest BCUT2D eigenvalue weighted by molar-refractivity contribution is 0.245. The Morgan fingerprint density at radius 1 is 1.12 bits per heavy atom. The largest absolute Gasteiger partial charge is 0.508 e. The normalized spacial score (nSPS) is 17.9. The third kappa shape index (κ3) is 1.52. The number of phenolic OH excluding ortho intramolecular Hbond substituents is 1. The van der Waals surface area contributed by atoms with Gasteiger partial charge in [0.1, 0.15) is 5.75 Å². The SMILES string of the molecule is NCC1(c2cc3ccccc3cc2O)CCC1. The van der Waals surface area contributed by atoms with Crippen LogP contribution in [0.5, 0.6) is 5.75 Å². The average molecular weight is 227 g/mol. The van der Waals surface area contributed by atoms with Crippen molar-refractivity contribution in [1.82, 2.24) is 0 Å². The molecule has 3 rings (SSSR count). The first-order chi connectivity index (χ1) is 8.25. The minimum atomic E-state index is 0.0219. The second-order valence-corrected chi connectivity index (χ2v) is 5.05. The molecule has 0 aromatic heterocycles. The van der Waals surface area contributed by atoms with Gasteiger partial charge in [0.2, 0.25) is 0 Å². The molecule has 0 saturated heterocycles. The zero-order valence-corrected chi connectivity index (χ0v) is 9.82. The molecule has 0 radical (unpaired) electrons. The van der Waals surface area contributed by atoms with E-state index in [2.05, 4.69) is 12.1 Å². The lowest BCUT2D eigenvalue weighted by Gasteiger charge is -2.41. The molecule has 2 aromatic rings. The summed E-state index contributed by atoms with van der Waals surface area (Å²) in [5.74, 6) is 0.397. The van der Waals surface area contributed by atoms with Gasteiger partial charge in [0.15, 0.2) is 0 Å². The maximum atomic E-state index is 10.2. The zero-order chi connectivity index (χ0) is 11.9. The maximum Gasteiger partial charge on any atom is 0.120 e. The first kappa shape index (κ1) is 10.6. The Balaban J connectivity index is 2.19. The van der Waals surface area contributed by atoms with Crippen molar-refractivity contribution in [3.8, 4) is 5.75 Å². The molecule has 1 aliphatic carbocycles. The standard InChI is InChI=1S/C15H17NO/c16-10-15(6-3-7-15)13-8-11-4-1-2-5-12(11)9-14(13)17/h1-2,4-5,8-9,17H,3,6-7,10,16H2. The van der Waals surface area contributed by atoms with Gasteiger partial charge in [-0.2, -0.15) is 0 Å². The molecule has 0 bridgehead atoms. The first-order valence-corrected chi connectivity index (χ1v) is 6.17. The number of phenols is 1. The molecule has 1 saturated carbocycles. The molecular weight excluding hydrogens is 210 g/mol. The second-order valence-electron chi connectivity index (χ2n) is 5.05. The van der Waals surface area contributed by atoms with Crippen molar-refractivity contribution in [2.24, 2.45) is 5.73 Å². The van der Waals surface area contributed by atoms with Gasteiger partial charge in [0.05, 0.1) is 0 Å². The molecule has 2 aromatic carbocycles. The van der Waals surface area contributed by atoms with Gasteiger partial charge in [0.25, 0.3) is 0 Å². The number of rotatable bonds is 2. The van der Waals surface area contributed by atoms with Gasteiger partial charge >= 0.3 is 0 Å². The fourth-order valence-electron chi connectivity index (χ4n) is 2.84. The molecule has 0 amide bonds. The number of nitrogens with two attached hydrogens (primary N) is 1. The molecule has 0 aliphatic heterocycles. The number of aromatic hydroxyl groups is 1. The van der Waals surface area contributed by atoms with Crippen LogP contribution in [0.2, 0.25) is 0 Å². The van der Waals surface area contributed by atoms with Crippen molar-refractivity contribution in [2.45, 2.75) is 24.7 Å². The van der Waals surface area contributed by atoms with Crippen LogP contribution in [0.1, 0.15) is 24.8 Å². The molecule has 2 heteroatoms. The monoisotopic (exact) mass is 227 g/mol. The lowest BCUT2D eigenvalue weighted by atomic mass is 9.64. The molecule has 1 aliphatic rings. The van der Waals surface area contributed by atoms with E-state index in [9.17, 15) is 5.11 Å². The Bertz CT molecular complexity index is 552. The second kappa shape index (κ2) is 3.74. The minimum absolute atomic E-state index is 0.0219. The average Bonchev–Trinajstić information content (AvgIpc) is 2.29. The number of hydrogen-bond donors (Lipinski definition) is 2. The van der Waals surface area contributed by atoms with Crippen LogP contribution in [0.25, 0.3) is 10.8 Å². The zero-order valence-electron chi connectivity index (χ0n) is 9.82. The highest BCUT2D eigenvalue weighted by molar-refractivity contribution is 5.85. The first-order valence-electron chi connectivity index (χ1n) is 6.17. The van der Waals surface area contributed by atoms with Crippen LogP contribution in [0.15, 0.2) is 36.4 Å². The van der Waals surface area contributed by atoms with Gasteiger partial charge in [-0.25, -0.2) is 0 Å². The van der Waals surface area contributed by atoms with E-state index in [1.165, 1.54) is 11.8 Å². The summed E-state index contributed by atoms with van der Waals surface area (Å²) in [6, 6.07) is 12.1. The molecule has 0 spiro atoms. The molecule has 0 heterocycles. The van der Waals surface area contributed by atoms with Crippen molar-refractivity contribution in [1.29, 1.82) is 0 Å². The highest BCUT2D eigenvalue weighted by Gasteiger charge is 2.39. The van der Waals surface area contributed by atoms with Crippen LogP contribution in [0.3, 0.4) is 0 Å². The van der Waals surface area contributed by atoms with Crippen molar-refractivity contribution in [3.63, 3.8) is 0 Å². The predicted molar refractivity (Wildman–Crippen MR) is 70.2 cm³/mol. The predicted octanol–water partition coefficient (Wildman–Crippen LogP) is 2.93. The summed E-state index contributed by atoms with van der Waals surface area (Å²) in [4.78, 5) is 0. The van der Waals surface area contributed by atoms with Crippen LogP contribution >= 0.6 is 0 Å². The highest BCUT2D eigenvalue weighted by Crippen LogP contribution is 2.47. The molecule has 0 atom stereocenters. The van der Waals surface area contributed by atoms with Crippen LogP contribution in [0, 0.1) is 0 Å². The van der Waals surface area contributed by atoms with Crippen molar-refractivity contribution < 1.29 is 5.11 Å². The quantitative estimate of drug-likeness (QED) is 0.828. The summed E-state index contributed by atoms with van der Waals surface area (Å²) in [5.41, 5.74) is 6.96. The summed E-state index contributed by atoms with van der Waals surface area (Å²) in [6.45, 7) is 0.624. The molecule has 88 valence electrons. The third-order valence-electron chi connectivity index (χ3n) is 4.14. The summed E-state index contributed by atoms with van der Waals surface area (Å²) >= 11 is 0. The van der Waals surface area contributed by atoms with E-state index in [1.54, 1.807) is 0 Å². The fourth-order valence-corrected chi connectivity index (χ4v) is 2.84. The van der Waals surface area contributed by atoms with Crippen LogP contribution in [0.4, 0.5) is 0 Å². The number of fused-ring (bicyclic) bond motifs is 1. The van der Waals surface area contributed by atoms with Crippen molar-refractivity contribution in [3.05, 3.63) is 42.0 Å². The Kier molecular flexibility index (Phi) is 2.33. The van der Waals surface area contributed by atoms with E-state index in [-0.39, 0.29) is 5.41 Å². The fraction of sp³-hybridized carbons (Fsp3) is 0.333. The van der Waals surface area contributed by atoms with E-state index >= 15 is 0 Å². The van der Waals surface area contributed by atoms with Gasteiger partial charge in [-0.05, 0) is 35.7 Å². The highest BCUT2D eigenvalue weighted by atomic mass is 16.3. The summed E-state index contributed by atoms with van der Waals surface area (Å²) in [5, 5.41) is 12.4. The number of benzene rings is 2. The van der Waals surface area contributed by atoms with Crippen molar-refractivity contribution in [2.75, 3.05) is 6.54 Å². The van der Waals surface area contributed by atoms with Gasteiger partial charge < -0.3 is 10.8 Å². The number of hydrogen-bond acceptors (Lipinski definition) is 2. The molecule has 0 unspecified atom stereocenters. The Labute approximate surface area is 101 Å². The molecule has 1 fully saturated rings. The maximum absolute atomic E-state index is 10.2. The summed E-state index contributed by atoms with van der Waals surface area (Å²) in [6.07, 6.45) is 3.40. The Hall–Kier alpha value is -1.54. The van der Waals surface area contributed by atoms with E-state index in [1.807, 2.05) is 24.3 Å². The van der Waals surface area contributed by atoms with Gasteiger partial charge in [-0.1, -0.05) is 30.7 Å². The molecule has 2 nitrogen and oxygen atoms in total. The van der Waals surface area contributed by atoms with Gasteiger partial charge in [-0.3, -0.25) is 0 Å². The molecule has 17 heavy (non-hydrogen) atoms. The smallest absolute Gasteiger partial charge is 0.120 e. The minimum Gasteiger partial charge on any atom is -0.508 e. The van der Waals surface area contributed by atoms with Crippen molar-refractivity contribution >= 4 is 10.8 Å². The summed E-state index contributed by atoms with van der Waals surface area (Å²) in [7, 11) is 0. The van der Waals surface area contributed by atoms with Crippen LogP contribution < -0.4 is 5.73 Å². The van der Waals surface area contributed by atoms with Gasteiger partial charge in [-0.15, -0.1) is 0 Å². The summed E-state index contributed by atoms with van der Waals surface area (Å²) < 4.78 is 0. The third-order valence-corrected chi connectivity index (χ3v) is 4.14. The van der Waals surface area contributed by atoms with E-state index in [4.69, 9.17) is 5.73 Å². The van der Waals surface area contributed by atoms with Gasteiger partial charge in [0, 0.05) is 17.5 Å². The van der Waals surface area contributed by atoms with Crippen LogP contribution in [-0.2, 0) is 5.41 Å². The van der Waals surface area contributed by atoms with Crippen LogP contribution in [-0.4, -0.2) is 11.7 Å². The Morgan fingerprint density at radius 3 is 2.29 bits per heavy atom. The van der Waals surface area contributed by atoms with E-state index in [0.717, 1.165) is 23.8 Å². The Morgan fingerprint density at radius 2 is 1.76 bits per heavy atom. The lowest BCUT2D eigenvalue weighted by Crippen LogP contribution is -2.41. The molecule has 3 N–H and O–H groups in total. The molecular formula is C15H17NO. The van der Waals surface area contributed by atoms with E-state index < -0.39 is 0 Å².